The summed E-state index contributed by atoms with van der Waals surface area (Å²) in [6, 6.07) is 3.33. The number of nitrogens with zero attached hydrogens (tertiary/aromatic N) is 3. The minimum atomic E-state index is -4.11. The zero-order valence-corrected chi connectivity index (χ0v) is 18.3. The van der Waals surface area contributed by atoms with Crippen molar-refractivity contribution in [1.29, 1.82) is 0 Å². The van der Waals surface area contributed by atoms with Crippen LogP contribution >= 0.6 is 0 Å². The summed E-state index contributed by atoms with van der Waals surface area (Å²) in [4.78, 5) is 39.2. The maximum Gasteiger partial charge on any atom is 0.327 e. The molecule has 1 aromatic carbocycles. The van der Waals surface area contributed by atoms with E-state index in [0.717, 1.165) is 16.3 Å². The molecule has 0 aromatic heterocycles. The Morgan fingerprint density at radius 1 is 1.13 bits per heavy atom. The molecule has 11 nitrogen and oxygen atoms in total. The van der Waals surface area contributed by atoms with Crippen LogP contribution in [0.5, 0.6) is 5.75 Å². The number of likely N-dealkylation sites (N-methyl/N-ethyl adjacent to an activating group) is 1. The minimum Gasteiger partial charge on any atom is -0.491 e. The summed E-state index contributed by atoms with van der Waals surface area (Å²) in [5.41, 5.74) is 0. The van der Waals surface area contributed by atoms with E-state index in [0.29, 0.717) is 19.0 Å². The molecule has 31 heavy (non-hydrogen) atoms. The first-order chi connectivity index (χ1) is 14.7. The first-order valence-electron chi connectivity index (χ1n) is 9.59. The molecule has 2 aliphatic rings. The van der Waals surface area contributed by atoms with Gasteiger partial charge in [0.25, 0.3) is 5.91 Å². The van der Waals surface area contributed by atoms with Crippen molar-refractivity contribution in [3.05, 3.63) is 24.3 Å². The number of methoxy groups -OCH3 is 2. The predicted molar refractivity (Wildman–Crippen MR) is 107 cm³/mol. The lowest BCUT2D eigenvalue weighted by Gasteiger charge is -2.23. The summed E-state index contributed by atoms with van der Waals surface area (Å²) in [7, 11) is 0.0797. The van der Waals surface area contributed by atoms with Crippen LogP contribution in [0.4, 0.5) is 4.79 Å². The molecule has 170 valence electrons. The molecule has 0 bridgehead atoms. The molecule has 2 heterocycles. The van der Waals surface area contributed by atoms with Gasteiger partial charge in [0.1, 0.15) is 24.9 Å². The molecule has 2 aliphatic heterocycles. The Morgan fingerprint density at radius 2 is 1.81 bits per heavy atom. The topological polar surface area (TPSA) is 123 Å². The van der Waals surface area contributed by atoms with Crippen molar-refractivity contribution >= 4 is 27.9 Å². The van der Waals surface area contributed by atoms with Gasteiger partial charge in [-0.1, -0.05) is 0 Å². The molecule has 0 saturated carbocycles. The van der Waals surface area contributed by atoms with Gasteiger partial charge in [-0.25, -0.2) is 13.2 Å². The number of amides is 3. The average molecular weight is 455 g/mol. The molecule has 2 fully saturated rings. The highest BCUT2D eigenvalue weighted by Gasteiger charge is 2.50. The van der Waals surface area contributed by atoms with Gasteiger partial charge in [0.15, 0.2) is 0 Å². The highest BCUT2D eigenvalue weighted by atomic mass is 32.2. The smallest absolute Gasteiger partial charge is 0.327 e. The number of imide groups is 1. The van der Waals surface area contributed by atoms with Crippen molar-refractivity contribution in [2.45, 2.75) is 23.4 Å². The van der Waals surface area contributed by atoms with Crippen molar-refractivity contribution in [1.82, 2.24) is 14.1 Å². The van der Waals surface area contributed by atoms with Crippen LogP contribution < -0.4 is 4.74 Å². The van der Waals surface area contributed by atoms with Crippen molar-refractivity contribution in [3.63, 3.8) is 0 Å². The van der Waals surface area contributed by atoms with E-state index in [4.69, 9.17) is 14.2 Å². The number of carbonyl (C=O) groups excluding carboxylic acids is 3. The van der Waals surface area contributed by atoms with E-state index in [2.05, 4.69) is 0 Å². The van der Waals surface area contributed by atoms with Gasteiger partial charge in [0, 0.05) is 20.7 Å². The molecule has 3 amide bonds. The first kappa shape index (κ1) is 23.0. The van der Waals surface area contributed by atoms with Crippen LogP contribution in [-0.4, -0.2) is 100 Å². The number of esters is 1. The molecular formula is C19H25N3O8S. The Kier molecular flexibility index (Phi) is 6.82. The highest BCUT2D eigenvalue weighted by molar-refractivity contribution is 7.89. The van der Waals surface area contributed by atoms with Gasteiger partial charge in [-0.15, -0.1) is 0 Å². The fourth-order valence-electron chi connectivity index (χ4n) is 3.67. The maximum atomic E-state index is 13.3. The Balaban J connectivity index is 1.84. The number of carbonyl (C=O) groups is 3. The van der Waals surface area contributed by atoms with Crippen molar-refractivity contribution in [3.8, 4) is 5.75 Å². The fourth-order valence-corrected chi connectivity index (χ4v) is 5.30. The summed E-state index contributed by atoms with van der Waals surface area (Å²) in [5.74, 6) is -0.716. The monoisotopic (exact) mass is 455 g/mol. The van der Waals surface area contributed by atoms with Crippen LogP contribution in [-0.2, 0) is 29.1 Å². The Bertz CT molecular complexity index is 949. The van der Waals surface area contributed by atoms with E-state index < -0.39 is 40.0 Å². The quantitative estimate of drug-likeness (QED) is 0.303. The van der Waals surface area contributed by atoms with Gasteiger partial charge in [0.05, 0.1) is 24.7 Å². The van der Waals surface area contributed by atoms with Crippen LogP contribution in [0.15, 0.2) is 29.2 Å². The number of rotatable bonds is 8. The highest BCUT2D eigenvalue weighted by Crippen LogP contribution is 2.31. The third-order valence-corrected chi connectivity index (χ3v) is 7.12. The number of benzene rings is 1. The summed E-state index contributed by atoms with van der Waals surface area (Å²) in [6.07, 6.45) is -0.0323. The Hall–Kier alpha value is -2.70. The lowest BCUT2D eigenvalue weighted by atomic mass is 10.1. The van der Waals surface area contributed by atoms with E-state index in [9.17, 15) is 22.8 Å². The summed E-state index contributed by atoms with van der Waals surface area (Å²) in [6.45, 7) is 0.418. The molecule has 12 heteroatoms. The molecule has 2 atom stereocenters. The van der Waals surface area contributed by atoms with Crippen molar-refractivity contribution < 1.29 is 37.0 Å². The summed E-state index contributed by atoms with van der Waals surface area (Å²) >= 11 is 0. The standard InChI is InChI=1S/C19H25N3O8S/c1-20-12-17(23)22(19(20)25)13-10-16(18(24)29-3)21(11-13)31(26,27)15-6-4-14(5-7-15)30-9-8-28-2/h4-7,13,16H,8-12H2,1-3H3/t13-,16+/m0/s1. The minimum absolute atomic E-state index is 0.0323. The SMILES string of the molecule is COCCOc1ccc(S(=O)(=O)N2C[C@@H](N3C(=O)CN(C)C3=O)C[C@@H]2C(=O)OC)cc1. The molecule has 1 aromatic rings. The van der Waals surface area contributed by atoms with E-state index in [1.165, 1.54) is 36.2 Å². The third kappa shape index (κ3) is 4.50. The van der Waals surface area contributed by atoms with E-state index in [-0.39, 0.29) is 24.4 Å². The zero-order chi connectivity index (χ0) is 22.8. The van der Waals surface area contributed by atoms with Crippen LogP contribution in [0.2, 0.25) is 0 Å². The second-order valence-corrected chi connectivity index (χ2v) is 9.11. The number of urea groups is 1. The molecular weight excluding hydrogens is 430 g/mol. The van der Waals surface area contributed by atoms with Crippen molar-refractivity contribution in [2.75, 3.05) is 47.6 Å². The lowest BCUT2D eigenvalue weighted by molar-refractivity contribution is -0.144. The van der Waals surface area contributed by atoms with Gasteiger partial charge in [0.2, 0.25) is 10.0 Å². The summed E-state index contributed by atoms with van der Waals surface area (Å²) < 4.78 is 42.7. The van der Waals surface area contributed by atoms with E-state index in [1.807, 2.05) is 0 Å². The van der Waals surface area contributed by atoms with Crippen LogP contribution in [0.3, 0.4) is 0 Å². The van der Waals surface area contributed by atoms with Crippen LogP contribution in [0, 0.1) is 0 Å². The van der Waals surface area contributed by atoms with Crippen LogP contribution in [0.25, 0.3) is 0 Å². The first-order valence-corrected chi connectivity index (χ1v) is 11.0. The van der Waals surface area contributed by atoms with Crippen LogP contribution in [0.1, 0.15) is 6.42 Å². The number of sulfonamides is 1. The van der Waals surface area contributed by atoms with Gasteiger partial charge < -0.3 is 19.1 Å². The van der Waals surface area contributed by atoms with Gasteiger partial charge in [-0.2, -0.15) is 4.31 Å². The molecule has 0 unspecified atom stereocenters. The molecule has 0 spiro atoms. The average Bonchev–Trinajstić information content (AvgIpc) is 3.29. The second-order valence-electron chi connectivity index (χ2n) is 7.22. The fraction of sp³-hybridized carbons (Fsp3) is 0.526. The molecule has 3 rings (SSSR count). The second kappa shape index (κ2) is 9.20. The maximum absolute atomic E-state index is 13.3. The molecule has 2 saturated heterocycles. The number of ether oxygens (including phenoxy) is 3. The predicted octanol–water partition coefficient (Wildman–Crippen LogP) is -0.0896. The third-order valence-electron chi connectivity index (χ3n) is 5.23. The van der Waals surface area contributed by atoms with E-state index >= 15 is 0 Å². The van der Waals surface area contributed by atoms with Crippen molar-refractivity contribution in [2.24, 2.45) is 0 Å². The number of hydrogen-bond acceptors (Lipinski definition) is 8. The normalized spacial score (nSPS) is 22.3. The molecule has 0 radical (unpaired) electrons. The van der Waals surface area contributed by atoms with Gasteiger partial charge >= 0.3 is 12.0 Å². The molecule has 0 aliphatic carbocycles. The lowest BCUT2D eigenvalue weighted by Crippen LogP contribution is -2.43. The Morgan fingerprint density at radius 3 is 2.35 bits per heavy atom. The van der Waals surface area contributed by atoms with Gasteiger partial charge in [-0.3, -0.25) is 14.5 Å². The molecule has 0 N–H and O–H groups in total. The Labute approximate surface area is 180 Å². The van der Waals surface area contributed by atoms with E-state index in [1.54, 1.807) is 7.11 Å². The summed E-state index contributed by atoms with van der Waals surface area (Å²) in [5, 5.41) is 0. The zero-order valence-electron chi connectivity index (χ0n) is 17.5. The largest absolute Gasteiger partial charge is 0.491 e. The number of hydrogen-bond donors (Lipinski definition) is 0. The van der Waals surface area contributed by atoms with Gasteiger partial charge in [-0.05, 0) is 30.7 Å².